The summed E-state index contributed by atoms with van der Waals surface area (Å²) in [5.41, 5.74) is 4.15. The van der Waals surface area contributed by atoms with Crippen molar-refractivity contribution in [3.8, 4) is 16.9 Å². The lowest BCUT2D eigenvalue weighted by atomic mass is 10.1. The summed E-state index contributed by atoms with van der Waals surface area (Å²) in [6, 6.07) is 16.5. The van der Waals surface area contributed by atoms with E-state index in [0.29, 0.717) is 0 Å². The van der Waals surface area contributed by atoms with Gasteiger partial charge in [0.15, 0.2) is 0 Å². The van der Waals surface area contributed by atoms with Crippen molar-refractivity contribution >= 4 is 0 Å². The molecule has 0 spiro atoms. The minimum Gasteiger partial charge on any atom is -0.233 e. The van der Waals surface area contributed by atoms with Gasteiger partial charge in [-0.05, 0) is 37.3 Å². The maximum absolute atomic E-state index is 13.0. The van der Waals surface area contributed by atoms with Crippen LogP contribution in [0.1, 0.15) is 5.56 Å². The molecule has 0 unspecified atom stereocenters. The summed E-state index contributed by atoms with van der Waals surface area (Å²) in [5, 5.41) is 4.31. The summed E-state index contributed by atoms with van der Waals surface area (Å²) in [6.07, 6.45) is 1.75. The molecule has 94 valence electrons. The number of benzene rings is 2. The molecule has 0 aliphatic rings. The van der Waals surface area contributed by atoms with Crippen molar-refractivity contribution < 1.29 is 4.39 Å². The zero-order chi connectivity index (χ0) is 13.2. The van der Waals surface area contributed by atoms with E-state index in [1.54, 1.807) is 18.3 Å². The third-order valence-corrected chi connectivity index (χ3v) is 3.06. The molecule has 0 aliphatic heterocycles. The Kier molecular flexibility index (Phi) is 2.88. The normalized spacial score (nSPS) is 10.6. The molecule has 19 heavy (non-hydrogen) atoms. The highest BCUT2D eigenvalue weighted by Gasteiger charge is 2.07. The van der Waals surface area contributed by atoms with Gasteiger partial charge in [-0.3, -0.25) is 0 Å². The molecule has 3 heteroatoms. The Labute approximate surface area is 111 Å². The zero-order valence-corrected chi connectivity index (χ0v) is 10.5. The fourth-order valence-corrected chi connectivity index (χ4v) is 2.03. The van der Waals surface area contributed by atoms with E-state index in [4.69, 9.17) is 0 Å². The van der Waals surface area contributed by atoms with Crippen molar-refractivity contribution in [2.45, 2.75) is 6.92 Å². The molecule has 0 aliphatic carbocycles. The van der Waals surface area contributed by atoms with Gasteiger partial charge < -0.3 is 0 Å². The Hall–Kier alpha value is -2.42. The topological polar surface area (TPSA) is 17.8 Å². The van der Waals surface area contributed by atoms with Crippen LogP contribution in [-0.2, 0) is 0 Å². The van der Waals surface area contributed by atoms with Crippen LogP contribution in [0.2, 0.25) is 0 Å². The molecule has 1 aromatic heterocycles. The first-order valence-electron chi connectivity index (χ1n) is 6.11. The van der Waals surface area contributed by atoms with Gasteiger partial charge in [0, 0.05) is 5.56 Å². The molecule has 2 aromatic carbocycles. The lowest BCUT2D eigenvalue weighted by Crippen LogP contribution is -1.98. The quantitative estimate of drug-likeness (QED) is 0.674. The predicted molar refractivity (Wildman–Crippen MR) is 73.7 cm³/mol. The minimum absolute atomic E-state index is 0.243. The highest BCUT2D eigenvalue weighted by atomic mass is 19.1. The molecule has 3 rings (SSSR count). The molecule has 0 N–H and O–H groups in total. The summed E-state index contributed by atoms with van der Waals surface area (Å²) in [4.78, 5) is 0. The standard InChI is InChI=1S/C16H13FN2/c1-12-2-4-13(5-3-12)16-10-11-18-19(16)15-8-6-14(17)7-9-15/h2-11H,1H3. The van der Waals surface area contributed by atoms with Gasteiger partial charge in [-0.2, -0.15) is 5.10 Å². The third kappa shape index (κ3) is 2.27. The van der Waals surface area contributed by atoms with E-state index in [-0.39, 0.29) is 5.82 Å². The second-order valence-electron chi connectivity index (χ2n) is 4.47. The smallest absolute Gasteiger partial charge is 0.123 e. The van der Waals surface area contributed by atoms with Gasteiger partial charge in [0.05, 0.1) is 17.6 Å². The Morgan fingerprint density at radius 1 is 0.895 bits per heavy atom. The predicted octanol–water partition coefficient (Wildman–Crippen LogP) is 3.99. The zero-order valence-electron chi connectivity index (χ0n) is 10.5. The van der Waals surface area contributed by atoms with E-state index in [9.17, 15) is 4.39 Å². The Bertz CT molecular complexity index is 622. The number of hydrogen-bond acceptors (Lipinski definition) is 1. The Balaban J connectivity index is 2.07. The lowest BCUT2D eigenvalue weighted by Gasteiger charge is -2.08. The molecular formula is C16H13FN2. The second-order valence-corrected chi connectivity index (χ2v) is 4.47. The van der Waals surface area contributed by atoms with Gasteiger partial charge in [0.2, 0.25) is 0 Å². The van der Waals surface area contributed by atoms with Crippen molar-refractivity contribution in [3.63, 3.8) is 0 Å². The molecule has 3 aromatic rings. The van der Waals surface area contributed by atoms with Gasteiger partial charge >= 0.3 is 0 Å². The molecule has 0 amide bonds. The van der Waals surface area contributed by atoms with Crippen LogP contribution in [0.25, 0.3) is 16.9 Å². The van der Waals surface area contributed by atoms with E-state index < -0.39 is 0 Å². The summed E-state index contributed by atoms with van der Waals surface area (Å²) >= 11 is 0. The molecule has 0 saturated heterocycles. The van der Waals surface area contributed by atoms with Gasteiger partial charge in [-0.1, -0.05) is 29.8 Å². The van der Waals surface area contributed by atoms with Gasteiger partial charge in [-0.25, -0.2) is 9.07 Å². The number of rotatable bonds is 2. The molecule has 0 bridgehead atoms. The molecule has 0 atom stereocenters. The number of nitrogens with zero attached hydrogens (tertiary/aromatic N) is 2. The van der Waals surface area contributed by atoms with E-state index in [0.717, 1.165) is 16.9 Å². The van der Waals surface area contributed by atoms with Crippen LogP contribution in [0.3, 0.4) is 0 Å². The van der Waals surface area contributed by atoms with Crippen molar-refractivity contribution in [1.82, 2.24) is 9.78 Å². The Morgan fingerprint density at radius 3 is 2.26 bits per heavy atom. The summed E-state index contributed by atoms with van der Waals surface area (Å²) in [7, 11) is 0. The maximum Gasteiger partial charge on any atom is 0.123 e. The van der Waals surface area contributed by atoms with Crippen molar-refractivity contribution in [1.29, 1.82) is 0 Å². The summed E-state index contributed by atoms with van der Waals surface area (Å²) < 4.78 is 14.8. The number of aryl methyl sites for hydroxylation is 1. The van der Waals surface area contributed by atoms with Crippen LogP contribution < -0.4 is 0 Å². The third-order valence-electron chi connectivity index (χ3n) is 3.06. The van der Waals surface area contributed by atoms with Gasteiger partial charge in [0.1, 0.15) is 5.82 Å². The largest absolute Gasteiger partial charge is 0.233 e. The highest BCUT2D eigenvalue weighted by Crippen LogP contribution is 2.22. The van der Waals surface area contributed by atoms with E-state index in [2.05, 4.69) is 36.3 Å². The molecule has 0 radical (unpaired) electrons. The highest BCUT2D eigenvalue weighted by molar-refractivity contribution is 5.62. The number of hydrogen-bond donors (Lipinski definition) is 0. The van der Waals surface area contributed by atoms with E-state index in [1.807, 2.05) is 10.7 Å². The second kappa shape index (κ2) is 4.69. The maximum atomic E-state index is 13.0. The first-order chi connectivity index (χ1) is 9.24. The lowest BCUT2D eigenvalue weighted by molar-refractivity contribution is 0.627. The Morgan fingerprint density at radius 2 is 1.58 bits per heavy atom. The van der Waals surface area contributed by atoms with Crippen LogP contribution in [-0.4, -0.2) is 9.78 Å². The first kappa shape index (κ1) is 11.7. The first-order valence-corrected chi connectivity index (χ1v) is 6.11. The van der Waals surface area contributed by atoms with Crippen molar-refractivity contribution in [3.05, 3.63) is 72.2 Å². The minimum atomic E-state index is -0.243. The number of aromatic nitrogens is 2. The monoisotopic (exact) mass is 252 g/mol. The average molecular weight is 252 g/mol. The van der Waals surface area contributed by atoms with Crippen LogP contribution in [0, 0.1) is 12.7 Å². The molecule has 2 nitrogen and oxygen atoms in total. The fraction of sp³-hybridized carbons (Fsp3) is 0.0625. The summed E-state index contributed by atoms with van der Waals surface area (Å²) in [5.74, 6) is -0.243. The fourth-order valence-electron chi connectivity index (χ4n) is 2.03. The average Bonchev–Trinajstić information content (AvgIpc) is 2.90. The molecule has 1 heterocycles. The van der Waals surface area contributed by atoms with Crippen LogP contribution in [0.5, 0.6) is 0 Å². The van der Waals surface area contributed by atoms with E-state index >= 15 is 0 Å². The SMILES string of the molecule is Cc1ccc(-c2ccnn2-c2ccc(F)cc2)cc1. The molecular weight excluding hydrogens is 239 g/mol. The van der Waals surface area contributed by atoms with Crippen LogP contribution >= 0.6 is 0 Å². The van der Waals surface area contributed by atoms with Crippen LogP contribution in [0.15, 0.2) is 60.8 Å². The van der Waals surface area contributed by atoms with Crippen molar-refractivity contribution in [2.24, 2.45) is 0 Å². The van der Waals surface area contributed by atoms with Gasteiger partial charge in [-0.15, -0.1) is 0 Å². The van der Waals surface area contributed by atoms with Crippen molar-refractivity contribution in [2.75, 3.05) is 0 Å². The summed E-state index contributed by atoms with van der Waals surface area (Å²) in [6.45, 7) is 2.06. The van der Waals surface area contributed by atoms with E-state index in [1.165, 1.54) is 17.7 Å². The number of halogens is 1. The molecule has 0 saturated carbocycles. The van der Waals surface area contributed by atoms with Crippen LogP contribution in [0.4, 0.5) is 4.39 Å². The van der Waals surface area contributed by atoms with Gasteiger partial charge in [0.25, 0.3) is 0 Å². The molecule has 0 fully saturated rings.